The number of amides is 2. The fraction of sp³-hybridized carbons (Fsp3) is 0.333. The number of hydrogen-bond donors (Lipinski definition) is 1. The quantitative estimate of drug-likeness (QED) is 0.310. The molecule has 11 heteroatoms. The lowest BCUT2D eigenvalue weighted by molar-refractivity contribution is -0.140. The molecule has 0 aromatic heterocycles. The lowest BCUT2D eigenvalue weighted by Crippen LogP contribution is -2.53. The summed E-state index contributed by atoms with van der Waals surface area (Å²) in [6.07, 6.45) is 1.24. The fourth-order valence-corrected chi connectivity index (χ4v) is 5.24. The Morgan fingerprint density at radius 3 is 2.12 bits per heavy atom. The van der Waals surface area contributed by atoms with E-state index in [-0.39, 0.29) is 30.3 Å². The van der Waals surface area contributed by atoms with Gasteiger partial charge in [-0.3, -0.25) is 13.9 Å². The van der Waals surface area contributed by atoms with E-state index >= 15 is 0 Å². The number of ether oxygens (including phenoxy) is 3. The lowest BCUT2D eigenvalue weighted by Gasteiger charge is -2.33. The Hall–Kier alpha value is -4.25. The first-order valence-electron chi connectivity index (χ1n) is 13.0. The van der Waals surface area contributed by atoms with Gasteiger partial charge in [0.15, 0.2) is 0 Å². The maximum Gasteiger partial charge on any atom is 0.244 e. The van der Waals surface area contributed by atoms with E-state index in [1.807, 2.05) is 36.4 Å². The molecule has 0 aliphatic heterocycles. The number of hydrogen-bond acceptors (Lipinski definition) is 7. The van der Waals surface area contributed by atoms with Gasteiger partial charge in [0.1, 0.15) is 29.8 Å². The normalized spacial score (nSPS) is 11.7. The van der Waals surface area contributed by atoms with Crippen LogP contribution in [0, 0.1) is 0 Å². The average Bonchev–Trinajstić information content (AvgIpc) is 2.97. The van der Waals surface area contributed by atoms with Gasteiger partial charge in [-0.1, -0.05) is 42.5 Å². The zero-order valence-corrected chi connectivity index (χ0v) is 24.8. The molecule has 3 aromatic carbocycles. The van der Waals surface area contributed by atoms with Gasteiger partial charge in [0.2, 0.25) is 21.8 Å². The van der Waals surface area contributed by atoms with Crippen LogP contribution in [-0.4, -0.2) is 71.8 Å². The molecule has 0 spiro atoms. The number of nitrogens with zero attached hydrogens (tertiary/aromatic N) is 2. The lowest BCUT2D eigenvalue weighted by atomic mass is 10.0. The van der Waals surface area contributed by atoms with Crippen molar-refractivity contribution in [2.45, 2.75) is 25.9 Å². The smallest absolute Gasteiger partial charge is 0.244 e. The van der Waals surface area contributed by atoms with Crippen molar-refractivity contribution in [3.8, 4) is 17.2 Å². The highest BCUT2D eigenvalue weighted by Gasteiger charge is 2.33. The Bertz CT molecular complexity index is 1430. The summed E-state index contributed by atoms with van der Waals surface area (Å²) in [4.78, 5) is 29.0. The summed E-state index contributed by atoms with van der Waals surface area (Å²) in [7, 11) is 0.436. The molecular weight excluding hydrogens is 546 g/mol. The van der Waals surface area contributed by atoms with Crippen LogP contribution < -0.4 is 23.8 Å². The van der Waals surface area contributed by atoms with Crippen molar-refractivity contribution in [3.05, 3.63) is 83.9 Å². The minimum atomic E-state index is -3.97. The minimum absolute atomic E-state index is 0.0392. The Kier molecular flexibility index (Phi) is 11.0. The van der Waals surface area contributed by atoms with Crippen LogP contribution in [0.1, 0.15) is 18.1 Å². The molecule has 0 radical (unpaired) electrons. The molecular formula is C30H37N3O7S. The van der Waals surface area contributed by atoms with Gasteiger partial charge in [-0.2, -0.15) is 0 Å². The zero-order valence-electron chi connectivity index (χ0n) is 24.0. The molecule has 0 saturated carbocycles. The number of nitrogens with one attached hydrogen (secondary N) is 1. The Morgan fingerprint density at radius 2 is 1.51 bits per heavy atom. The topological polar surface area (TPSA) is 114 Å². The van der Waals surface area contributed by atoms with Gasteiger partial charge in [-0.15, -0.1) is 0 Å². The van der Waals surface area contributed by atoms with E-state index in [2.05, 4.69) is 5.32 Å². The molecule has 0 bridgehead atoms. The largest absolute Gasteiger partial charge is 0.497 e. The second-order valence-corrected chi connectivity index (χ2v) is 11.2. The number of methoxy groups -OCH3 is 3. The van der Waals surface area contributed by atoms with E-state index < -0.39 is 28.5 Å². The first kappa shape index (κ1) is 31.3. The van der Waals surface area contributed by atoms with Gasteiger partial charge in [-0.05, 0) is 42.3 Å². The molecule has 0 aliphatic carbocycles. The zero-order chi connectivity index (χ0) is 30.0. The third-order valence-electron chi connectivity index (χ3n) is 6.44. The summed E-state index contributed by atoms with van der Waals surface area (Å²) < 4.78 is 43.2. The third-order valence-corrected chi connectivity index (χ3v) is 7.57. The van der Waals surface area contributed by atoms with Crippen molar-refractivity contribution in [1.82, 2.24) is 10.2 Å². The van der Waals surface area contributed by atoms with Crippen molar-refractivity contribution in [3.63, 3.8) is 0 Å². The third kappa shape index (κ3) is 8.37. The van der Waals surface area contributed by atoms with Crippen LogP contribution in [0.3, 0.4) is 0 Å². The van der Waals surface area contributed by atoms with Gasteiger partial charge in [0.25, 0.3) is 0 Å². The summed E-state index contributed by atoms with van der Waals surface area (Å²) in [6.45, 7) is 1.63. The van der Waals surface area contributed by atoms with E-state index in [1.54, 1.807) is 44.4 Å². The van der Waals surface area contributed by atoms with E-state index in [4.69, 9.17) is 14.2 Å². The van der Waals surface area contributed by atoms with Gasteiger partial charge in [0, 0.05) is 25.6 Å². The van der Waals surface area contributed by atoms with Gasteiger partial charge < -0.3 is 24.4 Å². The molecule has 220 valence electrons. The van der Waals surface area contributed by atoms with Crippen LogP contribution in [0.4, 0.5) is 5.69 Å². The standard InChI is InChI=1S/C30H37N3O7S/c1-6-31-30(35)27(18-22-11-8-7-9-12-22)32(20-23-13-10-14-24(17-23)38-2)29(34)21-33(41(5,36)37)26-19-25(39-3)15-16-28(26)40-4/h7-17,19,27H,6,18,20-21H2,1-5H3,(H,31,35)/t27-/m0/s1. The number of benzene rings is 3. The van der Waals surface area contributed by atoms with E-state index in [9.17, 15) is 18.0 Å². The number of rotatable bonds is 14. The second-order valence-electron chi connectivity index (χ2n) is 9.28. The SMILES string of the molecule is CCNC(=O)[C@H](Cc1ccccc1)N(Cc1cccc(OC)c1)C(=O)CN(c1cc(OC)ccc1OC)S(C)(=O)=O. The molecule has 3 aromatic rings. The number of likely N-dealkylation sites (N-methyl/N-ethyl adjacent to an activating group) is 1. The van der Waals surface area contributed by atoms with Gasteiger partial charge in [-0.25, -0.2) is 8.42 Å². The van der Waals surface area contributed by atoms with Crippen molar-refractivity contribution < 1.29 is 32.2 Å². The minimum Gasteiger partial charge on any atom is -0.497 e. The molecule has 1 atom stereocenters. The number of anilines is 1. The molecule has 3 rings (SSSR count). The maximum absolute atomic E-state index is 14.2. The molecule has 0 unspecified atom stereocenters. The van der Waals surface area contributed by atoms with Crippen molar-refractivity contribution in [2.75, 3.05) is 45.0 Å². The second kappa shape index (κ2) is 14.4. The van der Waals surface area contributed by atoms with Crippen LogP contribution in [0.15, 0.2) is 72.8 Å². The fourth-order valence-electron chi connectivity index (χ4n) is 4.40. The predicted molar refractivity (Wildman–Crippen MR) is 158 cm³/mol. The summed E-state index contributed by atoms with van der Waals surface area (Å²) >= 11 is 0. The summed E-state index contributed by atoms with van der Waals surface area (Å²) in [5.41, 5.74) is 1.70. The maximum atomic E-state index is 14.2. The highest BCUT2D eigenvalue weighted by Crippen LogP contribution is 2.34. The van der Waals surface area contributed by atoms with Gasteiger partial charge in [0.05, 0.1) is 33.3 Å². The molecule has 1 N–H and O–H groups in total. The van der Waals surface area contributed by atoms with Crippen LogP contribution in [0.2, 0.25) is 0 Å². The Labute approximate surface area is 241 Å². The number of carbonyl (C=O) groups excluding carboxylic acids is 2. The van der Waals surface area contributed by atoms with E-state index in [0.29, 0.717) is 23.6 Å². The van der Waals surface area contributed by atoms with Crippen LogP contribution >= 0.6 is 0 Å². The van der Waals surface area contributed by atoms with E-state index in [0.717, 1.165) is 16.1 Å². The predicted octanol–water partition coefficient (Wildman–Crippen LogP) is 3.25. The average molecular weight is 584 g/mol. The van der Waals surface area contributed by atoms with Crippen molar-refractivity contribution >= 4 is 27.5 Å². The van der Waals surface area contributed by atoms with Crippen LogP contribution in [0.5, 0.6) is 17.2 Å². The first-order valence-corrected chi connectivity index (χ1v) is 14.9. The molecule has 2 amide bonds. The van der Waals surface area contributed by atoms with Crippen molar-refractivity contribution in [2.24, 2.45) is 0 Å². The first-order chi connectivity index (χ1) is 19.6. The molecule has 0 saturated heterocycles. The summed E-state index contributed by atoms with van der Waals surface area (Å²) in [5.74, 6) is 0.298. The molecule has 41 heavy (non-hydrogen) atoms. The molecule has 10 nitrogen and oxygen atoms in total. The molecule has 0 fully saturated rings. The number of sulfonamides is 1. The summed E-state index contributed by atoms with van der Waals surface area (Å²) in [6, 6.07) is 20.3. The monoisotopic (exact) mass is 583 g/mol. The number of carbonyl (C=O) groups is 2. The highest BCUT2D eigenvalue weighted by atomic mass is 32.2. The van der Waals surface area contributed by atoms with E-state index in [1.165, 1.54) is 25.2 Å². The van der Waals surface area contributed by atoms with Crippen molar-refractivity contribution in [1.29, 1.82) is 0 Å². The highest BCUT2D eigenvalue weighted by molar-refractivity contribution is 7.92. The van der Waals surface area contributed by atoms with Crippen LogP contribution in [0.25, 0.3) is 0 Å². The molecule has 0 heterocycles. The Morgan fingerprint density at radius 1 is 0.854 bits per heavy atom. The Balaban J connectivity index is 2.10. The van der Waals surface area contributed by atoms with Gasteiger partial charge >= 0.3 is 0 Å². The van der Waals surface area contributed by atoms with Crippen LogP contribution in [-0.2, 0) is 32.6 Å². The summed E-state index contributed by atoms with van der Waals surface area (Å²) in [5, 5.41) is 2.83. The molecule has 0 aliphatic rings.